The van der Waals surface area contributed by atoms with Crippen LogP contribution in [0.5, 0.6) is 0 Å². The normalized spacial score (nSPS) is 22.6. The molecule has 2 N–H and O–H groups in total. The van der Waals surface area contributed by atoms with Crippen LogP contribution in [0.15, 0.2) is 4.52 Å². The number of nitrogens with zero attached hydrogens (tertiary/aromatic N) is 3. The average Bonchev–Trinajstić information content (AvgIpc) is 2.87. The van der Waals surface area contributed by atoms with E-state index in [1.807, 2.05) is 0 Å². The second-order valence-electron chi connectivity index (χ2n) is 6.18. The van der Waals surface area contributed by atoms with E-state index in [0.717, 1.165) is 18.9 Å². The Morgan fingerprint density at radius 3 is 2.60 bits per heavy atom. The highest BCUT2D eigenvalue weighted by molar-refractivity contribution is 5.85. The summed E-state index contributed by atoms with van der Waals surface area (Å²) in [7, 11) is 0. The largest absolute Gasteiger partial charge is 0.338 e. The lowest BCUT2D eigenvalue weighted by molar-refractivity contribution is 0.0476. The van der Waals surface area contributed by atoms with Crippen LogP contribution < -0.4 is 5.73 Å². The van der Waals surface area contributed by atoms with Gasteiger partial charge in [-0.25, -0.2) is 0 Å². The Hall–Kier alpha value is -0.650. The maximum atomic E-state index is 5.50. The molecule has 0 atom stereocenters. The van der Waals surface area contributed by atoms with Crippen LogP contribution >= 0.6 is 12.4 Å². The van der Waals surface area contributed by atoms with E-state index in [1.54, 1.807) is 0 Å². The molecule has 1 spiro atoms. The SMILES string of the molecule is Cl.NCc1nc(CN2CCCC3(CCCCC3)C2)no1. The van der Waals surface area contributed by atoms with Crippen molar-refractivity contribution in [3.05, 3.63) is 11.7 Å². The fourth-order valence-corrected chi connectivity index (χ4v) is 3.79. The second kappa shape index (κ2) is 6.87. The van der Waals surface area contributed by atoms with Crippen molar-refractivity contribution in [3.63, 3.8) is 0 Å². The molecule has 2 fully saturated rings. The highest BCUT2D eigenvalue weighted by Gasteiger charge is 2.36. The molecule has 0 aromatic carbocycles. The summed E-state index contributed by atoms with van der Waals surface area (Å²) in [5, 5.41) is 4.01. The van der Waals surface area contributed by atoms with Gasteiger partial charge in [-0.3, -0.25) is 4.90 Å². The van der Waals surface area contributed by atoms with Crippen molar-refractivity contribution in [1.82, 2.24) is 15.0 Å². The minimum Gasteiger partial charge on any atom is -0.338 e. The van der Waals surface area contributed by atoms with Crippen LogP contribution in [0, 0.1) is 5.41 Å². The fraction of sp³-hybridized carbons (Fsp3) is 0.857. The van der Waals surface area contributed by atoms with Gasteiger partial charge in [0.05, 0.1) is 13.1 Å². The first kappa shape index (κ1) is 15.7. The van der Waals surface area contributed by atoms with Crippen molar-refractivity contribution in [1.29, 1.82) is 0 Å². The van der Waals surface area contributed by atoms with Crippen molar-refractivity contribution < 1.29 is 4.52 Å². The van der Waals surface area contributed by atoms with Crippen LogP contribution in [0.2, 0.25) is 0 Å². The summed E-state index contributed by atoms with van der Waals surface area (Å²) in [6.45, 7) is 3.51. The second-order valence-corrected chi connectivity index (χ2v) is 6.18. The molecule has 1 aromatic heterocycles. The summed E-state index contributed by atoms with van der Waals surface area (Å²) in [4.78, 5) is 6.81. The van der Waals surface area contributed by atoms with Gasteiger partial charge in [0.2, 0.25) is 5.89 Å². The van der Waals surface area contributed by atoms with Crippen molar-refractivity contribution in [2.24, 2.45) is 11.1 Å². The molecule has 6 heteroatoms. The molecular weight excluding hydrogens is 276 g/mol. The van der Waals surface area contributed by atoms with Crippen molar-refractivity contribution in [2.75, 3.05) is 13.1 Å². The molecule has 2 heterocycles. The number of nitrogens with two attached hydrogens (primary N) is 1. The number of hydrogen-bond donors (Lipinski definition) is 1. The zero-order chi connectivity index (χ0) is 13.1. The van der Waals surface area contributed by atoms with Crippen LogP contribution in [0.1, 0.15) is 56.7 Å². The van der Waals surface area contributed by atoms with E-state index in [9.17, 15) is 0 Å². The summed E-state index contributed by atoms with van der Waals surface area (Å²) in [5.74, 6) is 1.33. The fourth-order valence-electron chi connectivity index (χ4n) is 3.79. The molecule has 0 radical (unpaired) electrons. The number of rotatable bonds is 3. The molecule has 0 bridgehead atoms. The molecule has 1 saturated heterocycles. The van der Waals surface area contributed by atoms with Gasteiger partial charge in [0, 0.05) is 6.54 Å². The number of likely N-dealkylation sites (tertiary alicyclic amines) is 1. The number of halogens is 1. The molecule has 0 amide bonds. The van der Waals surface area contributed by atoms with Gasteiger partial charge in [-0.1, -0.05) is 24.4 Å². The maximum Gasteiger partial charge on any atom is 0.240 e. The molecule has 0 unspecified atom stereocenters. The van der Waals surface area contributed by atoms with Crippen LogP contribution in [0.4, 0.5) is 0 Å². The van der Waals surface area contributed by atoms with E-state index in [-0.39, 0.29) is 12.4 Å². The number of hydrogen-bond acceptors (Lipinski definition) is 5. The summed E-state index contributed by atoms with van der Waals surface area (Å²) in [5.41, 5.74) is 6.08. The van der Waals surface area contributed by atoms with E-state index >= 15 is 0 Å². The minimum atomic E-state index is 0. The number of piperidine rings is 1. The molecule has 1 aliphatic heterocycles. The van der Waals surface area contributed by atoms with Gasteiger partial charge < -0.3 is 10.3 Å². The Balaban J connectivity index is 0.00000147. The first-order chi connectivity index (χ1) is 9.30. The van der Waals surface area contributed by atoms with Gasteiger partial charge in [-0.2, -0.15) is 4.98 Å². The third-order valence-electron chi connectivity index (χ3n) is 4.70. The Morgan fingerprint density at radius 2 is 1.90 bits per heavy atom. The first-order valence-electron chi connectivity index (χ1n) is 7.54. The van der Waals surface area contributed by atoms with Gasteiger partial charge in [0.25, 0.3) is 0 Å². The van der Waals surface area contributed by atoms with E-state index in [4.69, 9.17) is 10.3 Å². The highest BCUT2D eigenvalue weighted by Crippen LogP contribution is 2.43. The Kier molecular flexibility index (Phi) is 5.41. The summed E-state index contributed by atoms with van der Waals surface area (Å²) in [6.07, 6.45) is 9.77. The molecule has 1 aliphatic carbocycles. The van der Waals surface area contributed by atoms with Crippen molar-refractivity contribution in [2.45, 2.75) is 58.0 Å². The topological polar surface area (TPSA) is 68.2 Å². The average molecular weight is 301 g/mol. The highest BCUT2D eigenvalue weighted by atomic mass is 35.5. The van der Waals surface area contributed by atoms with Gasteiger partial charge in [-0.15, -0.1) is 12.4 Å². The molecule has 1 saturated carbocycles. The first-order valence-corrected chi connectivity index (χ1v) is 7.54. The van der Waals surface area contributed by atoms with E-state index in [0.29, 0.717) is 17.9 Å². The molecule has 2 aliphatic rings. The predicted molar refractivity (Wildman–Crippen MR) is 79.5 cm³/mol. The number of aromatic nitrogens is 2. The Labute approximate surface area is 126 Å². The van der Waals surface area contributed by atoms with Gasteiger partial charge in [0.1, 0.15) is 0 Å². The third kappa shape index (κ3) is 3.51. The van der Waals surface area contributed by atoms with Crippen LogP contribution in [0.25, 0.3) is 0 Å². The zero-order valence-electron chi connectivity index (χ0n) is 12.0. The minimum absolute atomic E-state index is 0. The standard InChI is InChI=1S/C14H24N4O.ClH/c15-9-13-16-12(17-19-13)10-18-8-4-7-14(11-18)5-2-1-3-6-14;/h1-11,15H2;1H. The van der Waals surface area contributed by atoms with Gasteiger partial charge in [0.15, 0.2) is 5.82 Å². The van der Waals surface area contributed by atoms with Gasteiger partial charge >= 0.3 is 0 Å². The summed E-state index contributed by atoms with van der Waals surface area (Å²) in [6, 6.07) is 0. The smallest absolute Gasteiger partial charge is 0.240 e. The van der Waals surface area contributed by atoms with Crippen LogP contribution in [-0.4, -0.2) is 28.1 Å². The van der Waals surface area contributed by atoms with Crippen molar-refractivity contribution >= 4 is 12.4 Å². The molecular formula is C14H25ClN4O. The summed E-state index contributed by atoms with van der Waals surface area (Å²) < 4.78 is 5.08. The lowest BCUT2D eigenvalue weighted by atomic mass is 9.69. The predicted octanol–water partition coefficient (Wildman–Crippen LogP) is 2.50. The third-order valence-corrected chi connectivity index (χ3v) is 4.70. The zero-order valence-corrected chi connectivity index (χ0v) is 12.8. The Morgan fingerprint density at radius 1 is 1.15 bits per heavy atom. The molecule has 114 valence electrons. The van der Waals surface area contributed by atoms with E-state index in [2.05, 4.69) is 15.0 Å². The van der Waals surface area contributed by atoms with E-state index < -0.39 is 0 Å². The van der Waals surface area contributed by atoms with Crippen LogP contribution in [0.3, 0.4) is 0 Å². The summed E-state index contributed by atoms with van der Waals surface area (Å²) >= 11 is 0. The van der Waals surface area contributed by atoms with Crippen LogP contribution in [-0.2, 0) is 13.1 Å². The maximum absolute atomic E-state index is 5.50. The van der Waals surface area contributed by atoms with Gasteiger partial charge in [-0.05, 0) is 37.6 Å². The molecule has 20 heavy (non-hydrogen) atoms. The monoisotopic (exact) mass is 300 g/mol. The van der Waals surface area contributed by atoms with Crippen molar-refractivity contribution in [3.8, 4) is 0 Å². The molecule has 1 aromatic rings. The lowest BCUT2D eigenvalue weighted by Crippen LogP contribution is -2.44. The Bertz CT molecular complexity index is 412. The lowest BCUT2D eigenvalue weighted by Gasteiger charge is -2.45. The quantitative estimate of drug-likeness (QED) is 0.929. The molecule has 3 rings (SSSR count). The van der Waals surface area contributed by atoms with E-state index in [1.165, 1.54) is 51.5 Å². The molecule has 5 nitrogen and oxygen atoms in total.